The molecular weight excluding hydrogens is 609 g/mol. The monoisotopic (exact) mass is 628 g/mol. The molecule has 1 aliphatic heterocycles. The Morgan fingerprint density at radius 1 is 1.26 bits per heavy atom. The lowest BCUT2D eigenvalue weighted by Gasteiger charge is -2.30. The molecule has 0 spiro atoms. The average Bonchev–Trinajstić information content (AvgIpc) is 2.78. The van der Waals surface area contributed by atoms with Crippen LogP contribution in [0, 0.1) is 21.1 Å². The molecule has 0 bridgehead atoms. The number of hydroxylamine groups is 1. The van der Waals surface area contributed by atoms with Gasteiger partial charge in [-0.05, 0) is 59.7 Å². The lowest BCUT2D eigenvalue weighted by molar-refractivity contribution is -0.122. The van der Waals surface area contributed by atoms with Crippen molar-refractivity contribution in [3.63, 3.8) is 0 Å². The van der Waals surface area contributed by atoms with Gasteiger partial charge in [-0.25, -0.2) is 22.7 Å². The number of hydrogen-bond donors (Lipinski definition) is 3. The number of carbonyl (C=O) groups is 2. The minimum absolute atomic E-state index is 0.0228. The highest BCUT2D eigenvalue weighted by atomic mass is 127. The van der Waals surface area contributed by atoms with E-state index in [1.165, 1.54) is 6.07 Å². The third-order valence-corrected chi connectivity index (χ3v) is 8.06. The van der Waals surface area contributed by atoms with E-state index in [-0.39, 0.29) is 23.8 Å². The summed E-state index contributed by atoms with van der Waals surface area (Å²) in [5, 5.41) is 2.72. The molecule has 2 amide bonds. The molecule has 0 saturated carbocycles. The summed E-state index contributed by atoms with van der Waals surface area (Å²) in [6.07, 6.45) is 0.679. The highest BCUT2D eigenvalue weighted by Gasteiger charge is 2.37. The second-order valence-electron chi connectivity index (χ2n) is 7.41. The Balaban J connectivity index is 2.13. The first-order valence-electron chi connectivity index (χ1n) is 9.84. The van der Waals surface area contributed by atoms with Crippen molar-refractivity contribution >= 4 is 67.4 Å². The van der Waals surface area contributed by atoms with Crippen LogP contribution in [0.25, 0.3) is 0 Å². The van der Waals surface area contributed by atoms with Crippen LogP contribution in [0.4, 0.5) is 20.2 Å². The van der Waals surface area contributed by atoms with Crippen LogP contribution in [0.3, 0.4) is 0 Å². The predicted molar refractivity (Wildman–Crippen MR) is 129 cm³/mol. The fourth-order valence-corrected chi connectivity index (χ4v) is 6.01. The minimum Gasteiger partial charge on any atom is -0.369 e. The molecule has 3 rings (SSSR count). The van der Waals surface area contributed by atoms with Crippen LogP contribution in [-0.2, 0) is 19.7 Å². The fraction of sp³-hybridized carbons (Fsp3) is 0.300. The Bertz CT molecular complexity index is 1250. The molecule has 1 unspecified atom stereocenters. The Morgan fingerprint density at radius 3 is 2.59 bits per heavy atom. The molecule has 1 saturated heterocycles. The number of sulfonamides is 1. The molecule has 1 aliphatic rings. The molecule has 2 aromatic carbocycles. The highest BCUT2D eigenvalue weighted by molar-refractivity contribution is 14.1. The number of benzene rings is 2. The number of primary amides is 1. The maximum atomic E-state index is 15.3. The molecule has 0 aromatic heterocycles. The second-order valence-corrected chi connectivity index (χ2v) is 11.0. The van der Waals surface area contributed by atoms with Crippen LogP contribution in [0.1, 0.15) is 23.2 Å². The van der Waals surface area contributed by atoms with E-state index in [1.54, 1.807) is 12.1 Å². The Morgan fingerprint density at radius 2 is 1.97 bits per heavy atom. The summed E-state index contributed by atoms with van der Waals surface area (Å²) in [5.74, 6) is -5.80. The van der Waals surface area contributed by atoms with Gasteiger partial charge in [0.15, 0.2) is 11.6 Å². The Hall–Kier alpha value is -2.07. The van der Waals surface area contributed by atoms with Gasteiger partial charge in [0.2, 0.25) is 15.9 Å². The smallest absolute Gasteiger partial charge is 0.277 e. The molecule has 14 heteroatoms. The van der Waals surface area contributed by atoms with Gasteiger partial charge in [0.25, 0.3) is 5.91 Å². The van der Waals surface area contributed by atoms with Crippen LogP contribution in [0.15, 0.2) is 29.2 Å². The van der Waals surface area contributed by atoms with Gasteiger partial charge in [0, 0.05) is 16.7 Å². The van der Waals surface area contributed by atoms with Crippen LogP contribution in [0.2, 0.25) is 5.02 Å². The molecular formula is C20H20ClF2IN4O5S. The SMILES string of the molecule is CONC(=O)c1cc(S(=O)(=O)N2CCCC(C(N)=O)C2)c(F)c(F)c1Nc1ccc(I)cc1Cl. The van der Waals surface area contributed by atoms with Gasteiger partial charge in [0.05, 0.1) is 35.0 Å². The van der Waals surface area contributed by atoms with Crippen molar-refractivity contribution in [2.24, 2.45) is 11.7 Å². The number of nitrogens with one attached hydrogen (secondary N) is 2. The first-order chi connectivity index (χ1) is 16.0. The van der Waals surface area contributed by atoms with Gasteiger partial charge in [-0.3, -0.25) is 14.4 Å². The van der Waals surface area contributed by atoms with Crippen LogP contribution in [0.5, 0.6) is 0 Å². The number of nitrogens with zero attached hydrogens (tertiary/aromatic N) is 1. The Labute approximate surface area is 213 Å². The van der Waals surface area contributed by atoms with E-state index >= 15 is 8.78 Å². The van der Waals surface area contributed by atoms with Crippen LogP contribution < -0.4 is 16.5 Å². The number of rotatable bonds is 7. The van der Waals surface area contributed by atoms with Crippen molar-refractivity contribution in [2.75, 3.05) is 25.5 Å². The predicted octanol–water partition coefficient (Wildman–Crippen LogP) is 3.14. The molecule has 0 radical (unpaired) electrons. The van der Waals surface area contributed by atoms with Crippen molar-refractivity contribution < 1.29 is 31.6 Å². The summed E-state index contributed by atoms with van der Waals surface area (Å²) in [4.78, 5) is 27.6. The van der Waals surface area contributed by atoms with E-state index in [1.807, 2.05) is 28.1 Å². The first-order valence-corrected chi connectivity index (χ1v) is 12.7. The van der Waals surface area contributed by atoms with E-state index < -0.39 is 55.5 Å². The van der Waals surface area contributed by atoms with Gasteiger partial charge in [-0.1, -0.05) is 11.6 Å². The molecule has 184 valence electrons. The van der Waals surface area contributed by atoms with Crippen molar-refractivity contribution in [3.05, 3.63) is 50.1 Å². The van der Waals surface area contributed by atoms with E-state index in [0.717, 1.165) is 15.0 Å². The van der Waals surface area contributed by atoms with Gasteiger partial charge >= 0.3 is 0 Å². The highest BCUT2D eigenvalue weighted by Crippen LogP contribution is 2.35. The molecule has 0 aliphatic carbocycles. The van der Waals surface area contributed by atoms with Crippen molar-refractivity contribution in [1.29, 1.82) is 0 Å². The van der Waals surface area contributed by atoms with Crippen molar-refractivity contribution in [3.8, 4) is 0 Å². The quantitative estimate of drug-likeness (QED) is 0.319. The summed E-state index contributed by atoms with van der Waals surface area (Å²) in [6.45, 7) is -0.304. The summed E-state index contributed by atoms with van der Waals surface area (Å²) in [5.41, 5.74) is 6.24. The maximum Gasteiger partial charge on any atom is 0.277 e. The largest absolute Gasteiger partial charge is 0.369 e. The van der Waals surface area contributed by atoms with Crippen molar-refractivity contribution in [2.45, 2.75) is 17.7 Å². The molecule has 9 nitrogen and oxygen atoms in total. The summed E-state index contributed by atoms with van der Waals surface area (Å²) in [6, 6.07) is 5.39. The number of anilines is 2. The topological polar surface area (TPSA) is 131 Å². The summed E-state index contributed by atoms with van der Waals surface area (Å²) in [7, 11) is -3.50. The molecule has 4 N–H and O–H groups in total. The first kappa shape index (κ1) is 26.5. The fourth-order valence-electron chi connectivity index (χ4n) is 3.50. The standard InChI is InChI=1S/C20H20ClF2IN4O5S/c1-33-27-20(30)12-8-15(34(31,32)28-6-2-3-10(9-28)19(25)29)16(22)17(23)18(12)26-14-5-4-11(24)7-13(14)21/h4-5,7-8,10,26H,2-3,6,9H2,1H3,(H2,25,29)(H,27,30). The summed E-state index contributed by atoms with van der Waals surface area (Å²) >= 11 is 8.17. The van der Waals surface area contributed by atoms with E-state index in [0.29, 0.717) is 18.9 Å². The van der Waals surface area contributed by atoms with Gasteiger partial charge in [-0.2, -0.15) is 4.31 Å². The normalized spacial score (nSPS) is 16.8. The van der Waals surface area contributed by atoms with E-state index in [4.69, 9.17) is 17.3 Å². The Kier molecular flexibility index (Phi) is 8.34. The third kappa shape index (κ3) is 5.43. The molecule has 1 atom stereocenters. The average molecular weight is 629 g/mol. The lowest BCUT2D eigenvalue weighted by atomic mass is 9.99. The minimum atomic E-state index is -4.62. The number of amides is 2. The van der Waals surface area contributed by atoms with Crippen LogP contribution >= 0.6 is 34.2 Å². The second kappa shape index (κ2) is 10.7. The van der Waals surface area contributed by atoms with E-state index in [2.05, 4.69) is 10.2 Å². The molecule has 34 heavy (non-hydrogen) atoms. The molecule has 1 fully saturated rings. The van der Waals surface area contributed by atoms with Gasteiger partial charge in [0.1, 0.15) is 4.90 Å². The van der Waals surface area contributed by atoms with Crippen LogP contribution in [-0.4, -0.2) is 44.7 Å². The zero-order valence-electron chi connectivity index (χ0n) is 17.7. The maximum absolute atomic E-state index is 15.3. The molecule has 2 aromatic rings. The zero-order chi connectivity index (χ0) is 25.2. The van der Waals surface area contributed by atoms with E-state index in [9.17, 15) is 18.0 Å². The third-order valence-electron chi connectivity index (χ3n) is 5.21. The molecule has 1 heterocycles. The van der Waals surface area contributed by atoms with Gasteiger partial charge in [-0.15, -0.1) is 0 Å². The number of halogens is 4. The number of piperidine rings is 1. The number of hydrogen-bond acceptors (Lipinski definition) is 6. The van der Waals surface area contributed by atoms with Gasteiger partial charge < -0.3 is 11.1 Å². The summed E-state index contributed by atoms with van der Waals surface area (Å²) < 4.78 is 58.4. The number of nitrogens with two attached hydrogens (primary N) is 1. The van der Waals surface area contributed by atoms with Crippen molar-refractivity contribution in [1.82, 2.24) is 9.79 Å². The zero-order valence-corrected chi connectivity index (χ0v) is 21.4. The lowest BCUT2D eigenvalue weighted by Crippen LogP contribution is -2.44. The number of carbonyl (C=O) groups excluding carboxylic acids is 2.